The first-order chi connectivity index (χ1) is 8.65. The topological polar surface area (TPSA) is 64.2 Å². The van der Waals surface area contributed by atoms with Crippen molar-refractivity contribution in [2.45, 2.75) is 51.2 Å². The molecular weight excluding hydrogens is 228 g/mol. The Balaban J connectivity index is 2.32. The van der Waals surface area contributed by atoms with Gasteiger partial charge >= 0.3 is 0 Å². The number of nitrogens with two attached hydrogens (primary N) is 1. The van der Waals surface area contributed by atoms with Crippen LogP contribution in [0.15, 0.2) is 12.5 Å². The highest BCUT2D eigenvalue weighted by Crippen LogP contribution is 2.28. The van der Waals surface area contributed by atoms with Gasteiger partial charge in [0.05, 0.1) is 24.3 Å². The van der Waals surface area contributed by atoms with Crippen LogP contribution < -0.4 is 5.73 Å². The van der Waals surface area contributed by atoms with E-state index in [9.17, 15) is 4.79 Å². The average Bonchev–Trinajstić information content (AvgIpc) is 2.73. The van der Waals surface area contributed by atoms with Gasteiger partial charge in [-0.05, 0) is 19.3 Å². The van der Waals surface area contributed by atoms with Gasteiger partial charge in [-0.2, -0.15) is 0 Å². The molecule has 0 aliphatic carbocycles. The molecule has 1 aromatic heterocycles. The molecule has 1 aromatic rings. The van der Waals surface area contributed by atoms with E-state index in [1.54, 1.807) is 4.90 Å². The van der Waals surface area contributed by atoms with E-state index >= 15 is 0 Å². The first kappa shape index (κ1) is 13.1. The second kappa shape index (κ2) is 5.52. The number of rotatable bonds is 3. The minimum atomic E-state index is -0.0472. The maximum atomic E-state index is 12.0. The molecule has 2 heterocycles. The maximum absolute atomic E-state index is 12.0. The summed E-state index contributed by atoms with van der Waals surface area (Å²) in [5, 5.41) is 0. The van der Waals surface area contributed by atoms with Crippen molar-refractivity contribution in [2.24, 2.45) is 5.73 Å². The first-order valence-electron chi connectivity index (χ1n) is 6.66. The van der Waals surface area contributed by atoms with Gasteiger partial charge in [-0.1, -0.05) is 6.92 Å². The van der Waals surface area contributed by atoms with E-state index in [0.29, 0.717) is 6.42 Å². The van der Waals surface area contributed by atoms with Crippen LogP contribution in [0.5, 0.6) is 0 Å². The molecule has 2 N–H and O–H groups in total. The fraction of sp³-hybridized carbons (Fsp3) is 0.692. The first-order valence-corrected chi connectivity index (χ1v) is 6.66. The monoisotopic (exact) mass is 250 g/mol. The molecule has 0 bridgehead atoms. The van der Waals surface area contributed by atoms with Gasteiger partial charge in [-0.25, -0.2) is 4.98 Å². The Morgan fingerprint density at radius 1 is 1.56 bits per heavy atom. The van der Waals surface area contributed by atoms with Crippen molar-refractivity contribution >= 4 is 5.91 Å². The Labute approximate surface area is 108 Å². The normalized spacial score (nSPS) is 25.3. The summed E-state index contributed by atoms with van der Waals surface area (Å²) >= 11 is 0. The molecule has 1 aliphatic rings. The lowest BCUT2D eigenvalue weighted by molar-refractivity contribution is -0.131. The number of nitrogens with zero attached hydrogens (tertiary/aromatic N) is 3. The van der Waals surface area contributed by atoms with E-state index in [4.69, 9.17) is 5.73 Å². The summed E-state index contributed by atoms with van der Waals surface area (Å²) in [6, 6.07) is -0.0530. The lowest BCUT2D eigenvalue weighted by atomic mass is 10.0. The van der Waals surface area contributed by atoms with E-state index in [2.05, 4.69) is 16.5 Å². The Bertz CT molecular complexity index is 415. The van der Waals surface area contributed by atoms with E-state index in [0.717, 1.165) is 31.5 Å². The highest BCUT2D eigenvalue weighted by atomic mass is 16.2. The minimum Gasteiger partial charge on any atom is -0.336 e. The van der Waals surface area contributed by atoms with Crippen molar-refractivity contribution in [3.05, 3.63) is 18.2 Å². The summed E-state index contributed by atoms with van der Waals surface area (Å²) in [6.45, 7) is 3.05. The lowest BCUT2D eigenvalue weighted by Gasteiger charge is -2.31. The van der Waals surface area contributed by atoms with E-state index in [1.807, 2.05) is 19.6 Å². The van der Waals surface area contributed by atoms with Gasteiger partial charge in [-0.3, -0.25) is 4.79 Å². The summed E-state index contributed by atoms with van der Waals surface area (Å²) in [6.07, 6.45) is 7.08. The molecule has 0 spiro atoms. The Hall–Kier alpha value is -1.36. The van der Waals surface area contributed by atoms with Crippen molar-refractivity contribution < 1.29 is 4.79 Å². The van der Waals surface area contributed by atoms with Gasteiger partial charge in [0.1, 0.15) is 0 Å². The van der Waals surface area contributed by atoms with Gasteiger partial charge in [0.25, 0.3) is 0 Å². The number of aromatic nitrogens is 2. The summed E-state index contributed by atoms with van der Waals surface area (Å²) in [5.41, 5.74) is 7.31. The minimum absolute atomic E-state index is 0.00578. The number of carbonyl (C=O) groups excluding carboxylic acids is 1. The second-order valence-corrected chi connectivity index (χ2v) is 5.02. The molecule has 1 amide bonds. The van der Waals surface area contributed by atoms with Crippen LogP contribution in [0, 0.1) is 0 Å². The second-order valence-electron chi connectivity index (χ2n) is 5.02. The summed E-state index contributed by atoms with van der Waals surface area (Å²) in [4.78, 5) is 18.0. The third-order valence-electron chi connectivity index (χ3n) is 3.66. The van der Waals surface area contributed by atoms with Gasteiger partial charge in [0.2, 0.25) is 5.91 Å². The van der Waals surface area contributed by atoms with Crippen LogP contribution >= 0.6 is 0 Å². The molecule has 2 rings (SSSR count). The summed E-state index contributed by atoms with van der Waals surface area (Å²) in [5.74, 6) is 0.178. The largest absolute Gasteiger partial charge is 0.336 e. The molecule has 2 atom stereocenters. The Morgan fingerprint density at radius 3 is 3.06 bits per heavy atom. The van der Waals surface area contributed by atoms with Crippen LogP contribution in [-0.4, -0.2) is 33.4 Å². The molecule has 5 heteroatoms. The van der Waals surface area contributed by atoms with Crippen LogP contribution in [0.4, 0.5) is 0 Å². The number of hydrogen-bond acceptors (Lipinski definition) is 3. The molecule has 1 saturated heterocycles. The van der Waals surface area contributed by atoms with Crippen LogP contribution in [0.25, 0.3) is 0 Å². The third-order valence-corrected chi connectivity index (χ3v) is 3.66. The van der Waals surface area contributed by atoms with Crippen molar-refractivity contribution in [3.8, 4) is 0 Å². The zero-order valence-electron chi connectivity index (χ0n) is 11.2. The number of carbonyl (C=O) groups is 1. The third kappa shape index (κ3) is 2.41. The van der Waals surface area contributed by atoms with E-state index < -0.39 is 0 Å². The van der Waals surface area contributed by atoms with Gasteiger partial charge in [-0.15, -0.1) is 0 Å². The number of likely N-dealkylation sites (tertiary alicyclic amines) is 1. The molecular formula is C13H22N4O. The highest BCUT2D eigenvalue weighted by molar-refractivity contribution is 5.76. The van der Waals surface area contributed by atoms with E-state index in [-0.39, 0.29) is 18.0 Å². The van der Waals surface area contributed by atoms with Gasteiger partial charge < -0.3 is 15.2 Å². The van der Waals surface area contributed by atoms with Crippen molar-refractivity contribution in [1.29, 1.82) is 0 Å². The Morgan fingerprint density at radius 2 is 2.33 bits per heavy atom. The van der Waals surface area contributed by atoms with Crippen LogP contribution in [0.3, 0.4) is 0 Å². The SMILES string of the molecule is CCCn1cncc1C1C(N)CCCC(=O)N1C. The zero-order chi connectivity index (χ0) is 13.1. The molecule has 18 heavy (non-hydrogen) atoms. The standard InChI is InChI=1S/C13H22N4O/c1-3-7-17-9-15-8-11(17)13-10(14)5-4-6-12(18)16(13)2/h8-10,13H,3-7,14H2,1-2H3. The number of aryl methyl sites for hydroxylation is 1. The molecule has 1 fully saturated rings. The number of imidazole rings is 1. The van der Waals surface area contributed by atoms with Crippen LogP contribution in [0.2, 0.25) is 0 Å². The van der Waals surface area contributed by atoms with Crippen molar-refractivity contribution in [2.75, 3.05) is 7.05 Å². The molecule has 2 unspecified atom stereocenters. The maximum Gasteiger partial charge on any atom is 0.222 e. The molecule has 1 aliphatic heterocycles. The predicted octanol–water partition coefficient (Wildman–Crippen LogP) is 1.30. The quantitative estimate of drug-likeness (QED) is 0.879. The molecule has 5 nitrogen and oxygen atoms in total. The Kier molecular flexibility index (Phi) is 4.01. The van der Waals surface area contributed by atoms with Crippen LogP contribution in [-0.2, 0) is 11.3 Å². The average molecular weight is 250 g/mol. The fourth-order valence-electron chi connectivity index (χ4n) is 2.69. The van der Waals surface area contributed by atoms with Crippen molar-refractivity contribution in [3.63, 3.8) is 0 Å². The van der Waals surface area contributed by atoms with E-state index in [1.165, 1.54) is 0 Å². The molecule has 0 aromatic carbocycles. The van der Waals surface area contributed by atoms with Crippen molar-refractivity contribution in [1.82, 2.24) is 14.5 Å². The molecule has 100 valence electrons. The number of likely N-dealkylation sites (N-methyl/N-ethyl adjacent to an activating group) is 1. The molecule has 0 saturated carbocycles. The zero-order valence-corrected chi connectivity index (χ0v) is 11.2. The fourth-order valence-corrected chi connectivity index (χ4v) is 2.69. The van der Waals surface area contributed by atoms with Crippen LogP contribution in [0.1, 0.15) is 44.3 Å². The molecule has 0 radical (unpaired) electrons. The summed E-state index contributed by atoms with van der Waals surface area (Å²) < 4.78 is 2.11. The van der Waals surface area contributed by atoms with Gasteiger partial charge in [0, 0.05) is 26.1 Å². The summed E-state index contributed by atoms with van der Waals surface area (Å²) in [7, 11) is 1.85. The highest BCUT2D eigenvalue weighted by Gasteiger charge is 2.32. The number of hydrogen-bond donors (Lipinski definition) is 1. The van der Waals surface area contributed by atoms with Gasteiger partial charge in [0.15, 0.2) is 0 Å². The predicted molar refractivity (Wildman–Crippen MR) is 69.9 cm³/mol. The lowest BCUT2D eigenvalue weighted by Crippen LogP contribution is -2.40. The smallest absolute Gasteiger partial charge is 0.222 e. The number of amides is 1.